The SMILES string of the molecule is Cc1cccc(C)c1NC(=O)C(C)ON=C(N)c1ccc(OCc2cccnc2)cc1. The molecular formula is C24H26N4O3. The van der Waals surface area contributed by atoms with Gasteiger partial charge in [-0.05, 0) is 62.2 Å². The van der Waals surface area contributed by atoms with E-state index in [0.29, 0.717) is 17.9 Å². The van der Waals surface area contributed by atoms with Crippen LogP contribution in [0.15, 0.2) is 72.1 Å². The highest BCUT2D eigenvalue weighted by Gasteiger charge is 2.16. The van der Waals surface area contributed by atoms with Gasteiger partial charge in [-0.2, -0.15) is 0 Å². The summed E-state index contributed by atoms with van der Waals surface area (Å²) in [5.74, 6) is 0.571. The predicted octanol–water partition coefficient (Wildman–Crippen LogP) is 3.94. The summed E-state index contributed by atoms with van der Waals surface area (Å²) in [5, 5.41) is 6.79. The maximum absolute atomic E-state index is 12.4. The van der Waals surface area contributed by atoms with E-state index in [4.69, 9.17) is 15.3 Å². The molecule has 3 aromatic rings. The van der Waals surface area contributed by atoms with Gasteiger partial charge >= 0.3 is 0 Å². The van der Waals surface area contributed by atoms with Gasteiger partial charge in [-0.15, -0.1) is 0 Å². The van der Waals surface area contributed by atoms with Crippen LogP contribution in [0.1, 0.15) is 29.2 Å². The van der Waals surface area contributed by atoms with E-state index in [1.165, 1.54) is 0 Å². The van der Waals surface area contributed by atoms with Crippen molar-refractivity contribution < 1.29 is 14.4 Å². The minimum absolute atomic E-state index is 0.172. The van der Waals surface area contributed by atoms with Crippen molar-refractivity contribution in [3.63, 3.8) is 0 Å². The molecule has 1 heterocycles. The minimum Gasteiger partial charge on any atom is -0.489 e. The Morgan fingerprint density at radius 1 is 1.10 bits per heavy atom. The molecule has 0 fully saturated rings. The Labute approximate surface area is 181 Å². The summed E-state index contributed by atoms with van der Waals surface area (Å²) in [6.45, 7) is 5.92. The number of nitrogens with two attached hydrogens (primary N) is 1. The number of aryl methyl sites for hydroxylation is 2. The molecular weight excluding hydrogens is 392 g/mol. The average molecular weight is 418 g/mol. The van der Waals surface area contributed by atoms with Crippen molar-refractivity contribution in [3.8, 4) is 5.75 Å². The first kappa shape index (κ1) is 21.8. The number of rotatable bonds is 8. The van der Waals surface area contributed by atoms with Gasteiger partial charge in [0, 0.05) is 29.2 Å². The van der Waals surface area contributed by atoms with E-state index >= 15 is 0 Å². The highest BCUT2D eigenvalue weighted by Crippen LogP contribution is 2.20. The predicted molar refractivity (Wildman–Crippen MR) is 121 cm³/mol. The number of para-hydroxylation sites is 1. The molecule has 3 N–H and O–H groups in total. The van der Waals surface area contributed by atoms with Crippen LogP contribution in [0.4, 0.5) is 5.69 Å². The Bertz CT molecular complexity index is 1030. The normalized spacial score (nSPS) is 12.2. The first-order chi connectivity index (χ1) is 14.9. The van der Waals surface area contributed by atoms with Crippen molar-refractivity contribution in [2.45, 2.75) is 33.5 Å². The van der Waals surface area contributed by atoms with E-state index in [0.717, 1.165) is 22.4 Å². The Balaban J connectivity index is 1.55. The van der Waals surface area contributed by atoms with Gasteiger partial charge in [0.2, 0.25) is 6.10 Å². The number of ether oxygens (including phenoxy) is 1. The Morgan fingerprint density at radius 2 is 1.81 bits per heavy atom. The summed E-state index contributed by atoms with van der Waals surface area (Å²) in [5.41, 5.74) is 10.4. The second-order valence-corrected chi connectivity index (χ2v) is 7.15. The maximum Gasteiger partial charge on any atom is 0.268 e. The van der Waals surface area contributed by atoms with Crippen LogP contribution in [-0.2, 0) is 16.2 Å². The van der Waals surface area contributed by atoms with E-state index in [9.17, 15) is 4.79 Å². The smallest absolute Gasteiger partial charge is 0.268 e. The zero-order valence-electron chi connectivity index (χ0n) is 17.8. The molecule has 1 amide bonds. The number of carbonyl (C=O) groups is 1. The first-order valence-corrected chi connectivity index (χ1v) is 9.92. The lowest BCUT2D eigenvalue weighted by Crippen LogP contribution is -2.28. The summed E-state index contributed by atoms with van der Waals surface area (Å²) in [6.07, 6.45) is 2.67. The van der Waals surface area contributed by atoms with Gasteiger partial charge in [0.25, 0.3) is 5.91 Å². The van der Waals surface area contributed by atoms with Crippen LogP contribution < -0.4 is 15.8 Å². The average Bonchev–Trinajstić information content (AvgIpc) is 2.79. The fourth-order valence-corrected chi connectivity index (χ4v) is 2.84. The highest BCUT2D eigenvalue weighted by molar-refractivity contribution is 5.98. The quantitative estimate of drug-likeness (QED) is 0.328. The molecule has 0 aliphatic heterocycles. The van der Waals surface area contributed by atoms with Crippen molar-refractivity contribution >= 4 is 17.4 Å². The van der Waals surface area contributed by atoms with E-state index in [-0.39, 0.29) is 11.7 Å². The summed E-state index contributed by atoms with van der Waals surface area (Å²) < 4.78 is 5.73. The van der Waals surface area contributed by atoms with Crippen LogP contribution >= 0.6 is 0 Å². The third-order valence-corrected chi connectivity index (χ3v) is 4.69. The van der Waals surface area contributed by atoms with Crippen LogP contribution in [0, 0.1) is 13.8 Å². The lowest BCUT2D eigenvalue weighted by atomic mass is 10.1. The molecule has 0 radical (unpaired) electrons. The molecule has 0 aliphatic carbocycles. The molecule has 3 rings (SSSR count). The van der Waals surface area contributed by atoms with Gasteiger partial charge in [0.1, 0.15) is 12.4 Å². The van der Waals surface area contributed by atoms with E-state index < -0.39 is 6.10 Å². The van der Waals surface area contributed by atoms with Gasteiger partial charge in [-0.3, -0.25) is 9.78 Å². The fraction of sp³-hybridized carbons (Fsp3) is 0.208. The number of amidine groups is 1. The monoisotopic (exact) mass is 418 g/mol. The lowest BCUT2D eigenvalue weighted by molar-refractivity contribution is -0.126. The molecule has 1 atom stereocenters. The zero-order valence-corrected chi connectivity index (χ0v) is 17.8. The molecule has 1 aromatic heterocycles. The van der Waals surface area contributed by atoms with Crippen molar-refractivity contribution in [2.24, 2.45) is 10.9 Å². The van der Waals surface area contributed by atoms with Crippen molar-refractivity contribution in [2.75, 3.05) is 5.32 Å². The summed E-state index contributed by atoms with van der Waals surface area (Å²) >= 11 is 0. The van der Waals surface area contributed by atoms with Crippen molar-refractivity contribution in [1.29, 1.82) is 0 Å². The zero-order chi connectivity index (χ0) is 22.2. The topological polar surface area (TPSA) is 98.8 Å². The molecule has 0 saturated carbocycles. The van der Waals surface area contributed by atoms with Crippen LogP contribution in [0.2, 0.25) is 0 Å². The lowest BCUT2D eigenvalue weighted by Gasteiger charge is -2.14. The maximum atomic E-state index is 12.4. The van der Waals surface area contributed by atoms with Crippen molar-refractivity contribution in [3.05, 3.63) is 89.2 Å². The van der Waals surface area contributed by atoms with E-state index in [1.54, 1.807) is 43.6 Å². The van der Waals surface area contributed by atoms with Gasteiger partial charge in [0.05, 0.1) is 0 Å². The van der Waals surface area contributed by atoms with Crippen molar-refractivity contribution in [1.82, 2.24) is 4.98 Å². The number of carbonyl (C=O) groups excluding carboxylic acids is 1. The van der Waals surface area contributed by atoms with Gasteiger partial charge in [-0.25, -0.2) is 0 Å². The summed E-state index contributed by atoms with van der Waals surface area (Å²) in [7, 11) is 0. The van der Waals surface area contributed by atoms with E-state index in [1.807, 2.05) is 44.2 Å². The Morgan fingerprint density at radius 3 is 2.45 bits per heavy atom. The second kappa shape index (κ2) is 10.2. The molecule has 2 aromatic carbocycles. The molecule has 160 valence electrons. The molecule has 31 heavy (non-hydrogen) atoms. The van der Waals surface area contributed by atoms with Gasteiger partial charge < -0.3 is 20.6 Å². The Kier molecular flexibility index (Phi) is 7.22. The van der Waals surface area contributed by atoms with Crippen LogP contribution in [-0.4, -0.2) is 22.8 Å². The highest BCUT2D eigenvalue weighted by atomic mass is 16.6. The molecule has 7 heteroatoms. The first-order valence-electron chi connectivity index (χ1n) is 9.92. The Hall–Kier alpha value is -3.87. The fourth-order valence-electron chi connectivity index (χ4n) is 2.84. The standard InChI is InChI=1S/C24H26N4O3/c1-16-6-4-7-17(2)22(16)27-24(29)18(3)31-28-23(25)20-9-11-21(12-10-20)30-15-19-8-5-13-26-14-19/h4-14,18H,15H2,1-3H3,(H2,25,28)(H,27,29). The number of nitrogens with zero attached hydrogens (tertiary/aromatic N) is 2. The number of amides is 1. The third-order valence-electron chi connectivity index (χ3n) is 4.69. The minimum atomic E-state index is -0.806. The molecule has 0 aliphatic rings. The number of nitrogens with one attached hydrogen (secondary N) is 1. The third kappa shape index (κ3) is 6.05. The number of hydrogen-bond donors (Lipinski definition) is 2. The molecule has 1 unspecified atom stereocenters. The molecule has 7 nitrogen and oxygen atoms in total. The van der Waals surface area contributed by atoms with E-state index in [2.05, 4.69) is 15.5 Å². The second-order valence-electron chi connectivity index (χ2n) is 7.15. The van der Waals surface area contributed by atoms with Gasteiger partial charge in [-0.1, -0.05) is 29.4 Å². The molecule has 0 spiro atoms. The van der Waals surface area contributed by atoms with Crippen LogP contribution in [0.25, 0.3) is 0 Å². The van der Waals surface area contributed by atoms with Crippen LogP contribution in [0.3, 0.4) is 0 Å². The largest absolute Gasteiger partial charge is 0.489 e. The number of aromatic nitrogens is 1. The number of benzene rings is 2. The van der Waals surface area contributed by atoms with Crippen LogP contribution in [0.5, 0.6) is 5.75 Å². The number of anilines is 1. The number of hydrogen-bond acceptors (Lipinski definition) is 5. The van der Waals surface area contributed by atoms with Gasteiger partial charge in [0.15, 0.2) is 5.84 Å². The molecule has 0 bridgehead atoms. The summed E-state index contributed by atoms with van der Waals surface area (Å²) in [6, 6.07) is 16.8. The molecule has 0 saturated heterocycles. The summed E-state index contributed by atoms with van der Waals surface area (Å²) in [4.78, 5) is 21.8. The number of pyridine rings is 1. The number of oxime groups is 1.